The summed E-state index contributed by atoms with van der Waals surface area (Å²) in [4.78, 5) is 20.0. The van der Waals surface area contributed by atoms with Crippen LogP contribution in [0.25, 0.3) is 10.9 Å². The van der Waals surface area contributed by atoms with E-state index in [9.17, 15) is 18.0 Å². The Morgan fingerprint density at radius 2 is 1.70 bits per heavy atom. The van der Waals surface area contributed by atoms with E-state index in [4.69, 9.17) is 0 Å². The van der Waals surface area contributed by atoms with Gasteiger partial charge in [0.15, 0.2) is 0 Å². The maximum Gasteiger partial charge on any atom is 0.573 e. The van der Waals surface area contributed by atoms with Crippen LogP contribution in [-0.2, 0) is 17.8 Å². The van der Waals surface area contributed by atoms with Gasteiger partial charge in [0.1, 0.15) is 5.75 Å². The topological polar surface area (TPSA) is 48.6 Å². The summed E-state index contributed by atoms with van der Waals surface area (Å²) in [6.45, 7) is 3.34. The molecule has 0 radical (unpaired) electrons. The van der Waals surface area contributed by atoms with Crippen molar-refractivity contribution in [2.24, 2.45) is 0 Å². The molecule has 0 bridgehead atoms. The van der Waals surface area contributed by atoms with Crippen LogP contribution in [0.4, 0.5) is 13.2 Å². The Morgan fingerprint density at radius 1 is 1.00 bits per heavy atom. The Bertz CT molecular complexity index is 1010. The molecule has 5 nitrogen and oxygen atoms in total. The number of fused-ring (bicyclic) bond motifs is 1. The summed E-state index contributed by atoms with van der Waals surface area (Å²) in [5.74, 6) is -0.119. The van der Waals surface area contributed by atoms with Gasteiger partial charge in [-0.1, -0.05) is 30.3 Å². The zero-order valence-electron chi connectivity index (χ0n) is 16.3. The number of alkyl halides is 3. The van der Waals surface area contributed by atoms with Crippen molar-refractivity contribution < 1.29 is 22.7 Å². The Labute approximate surface area is 172 Å². The molecule has 3 aromatic rings. The molecule has 0 saturated carbocycles. The van der Waals surface area contributed by atoms with Crippen molar-refractivity contribution in [1.82, 2.24) is 14.8 Å². The molecule has 30 heavy (non-hydrogen) atoms. The van der Waals surface area contributed by atoms with Gasteiger partial charge in [-0.25, -0.2) is 0 Å². The van der Waals surface area contributed by atoms with Gasteiger partial charge in [0.25, 0.3) is 0 Å². The number of carbonyl (C=O) groups excluding carboxylic acids is 1. The maximum absolute atomic E-state index is 12.7. The number of piperazine rings is 1. The number of benzene rings is 2. The molecule has 1 N–H and O–H groups in total. The molecular weight excluding hydrogens is 395 g/mol. The minimum absolute atomic E-state index is 0.105. The molecule has 0 spiro atoms. The first-order valence-corrected chi connectivity index (χ1v) is 9.77. The summed E-state index contributed by atoms with van der Waals surface area (Å²) in [6.07, 6.45) is -2.42. The zero-order chi connectivity index (χ0) is 21.1. The van der Waals surface area contributed by atoms with Crippen LogP contribution >= 0.6 is 0 Å². The lowest BCUT2D eigenvalue weighted by Gasteiger charge is -2.34. The summed E-state index contributed by atoms with van der Waals surface area (Å²) in [6, 6.07) is 13.8. The van der Waals surface area contributed by atoms with Crippen LogP contribution in [0.1, 0.15) is 11.1 Å². The Kier molecular flexibility index (Phi) is 5.67. The first-order valence-electron chi connectivity index (χ1n) is 9.77. The normalized spacial score (nSPS) is 15.5. The largest absolute Gasteiger partial charge is 0.573 e. The van der Waals surface area contributed by atoms with Crippen molar-refractivity contribution in [3.05, 3.63) is 65.9 Å². The third-order valence-electron chi connectivity index (χ3n) is 5.30. The fraction of sp³-hybridized carbons (Fsp3) is 0.318. The summed E-state index contributed by atoms with van der Waals surface area (Å²) in [7, 11) is 0. The Morgan fingerprint density at radius 3 is 2.40 bits per heavy atom. The Balaban J connectivity index is 1.28. The fourth-order valence-electron chi connectivity index (χ4n) is 3.76. The third kappa shape index (κ3) is 4.94. The minimum Gasteiger partial charge on any atom is -0.406 e. The van der Waals surface area contributed by atoms with E-state index in [0.29, 0.717) is 26.1 Å². The van der Waals surface area contributed by atoms with Crippen LogP contribution in [0, 0.1) is 0 Å². The minimum atomic E-state index is -4.68. The van der Waals surface area contributed by atoms with E-state index >= 15 is 0 Å². The smallest absolute Gasteiger partial charge is 0.406 e. The molecule has 1 aromatic heterocycles. The van der Waals surface area contributed by atoms with Gasteiger partial charge < -0.3 is 14.6 Å². The van der Waals surface area contributed by atoms with E-state index in [-0.39, 0.29) is 11.7 Å². The zero-order valence-corrected chi connectivity index (χ0v) is 16.3. The SMILES string of the molecule is O=C(Cc1c[nH]c2ccccc12)N1CCN(Cc2ccc(OC(F)(F)F)cc2)CC1. The lowest BCUT2D eigenvalue weighted by molar-refractivity contribution is -0.274. The predicted molar refractivity (Wildman–Crippen MR) is 107 cm³/mol. The number of H-pyrrole nitrogens is 1. The van der Waals surface area contributed by atoms with E-state index in [2.05, 4.69) is 14.6 Å². The highest BCUT2D eigenvalue weighted by molar-refractivity contribution is 5.88. The molecule has 1 fully saturated rings. The first-order chi connectivity index (χ1) is 14.4. The quantitative estimate of drug-likeness (QED) is 0.684. The molecule has 2 heterocycles. The molecule has 0 atom stereocenters. The molecule has 0 aliphatic carbocycles. The lowest BCUT2D eigenvalue weighted by Crippen LogP contribution is -2.48. The Hall–Kier alpha value is -3.00. The van der Waals surface area contributed by atoms with Crippen LogP contribution in [0.5, 0.6) is 5.75 Å². The average molecular weight is 417 g/mol. The van der Waals surface area contributed by atoms with Gasteiger partial charge in [0.05, 0.1) is 6.42 Å². The number of carbonyl (C=O) groups is 1. The van der Waals surface area contributed by atoms with Crippen LogP contribution < -0.4 is 4.74 Å². The number of para-hydroxylation sites is 1. The van der Waals surface area contributed by atoms with Crippen LogP contribution in [-0.4, -0.2) is 53.2 Å². The monoisotopic (exact) mass is 417 g/mol. The average Bonchev–Trinajstić information content (AvgIpc) is 3.12. The summed E-state index contributed by atoms with van der Waals surface area (Å²) in [5.41, 5.74) is 2.93. The molecule has 1 aliphatic heterocycles. The standard InChI is InChI=1S/C22H22F3N3O2/c23-22(24,25)30-18-7-5-16(6-8-18)15-27-9-11-28(12-10-27)21(29)13-17-14-26-20-4-2-1-3-19(17)20/h1-8,14,26H,9-13,15H2. The van der Waals surface area contributed by atoms with Crippen molar-refractivity contribution in [3.63, 3.8) is 0 Å². The highest BCUT2D eigenvalue weighted by Crippen LogP contribution is 2.23. The van der Waals surface area contributed by atoms with Crippen molar-refractivity contribution >= 4 is 16.8 Å². The summed E-state index contributed by atoms with van der Waals surface area (Å²) < 4.78 is 40.6. The number of ether oxygens (including phenoxy) is 1. The number of amides is 1. The molecule has 158 valence electrons. The number of nitrogens with zero attached hydrogens (tertiary/aromatic N) is 2. The van der Waals surface area contributed by atoms with Gasteiger partial charge in [0, 0.05) is 49.8 Å². The van der Waals surface area contributed by atoms with E-state index in [1.165, 1.54) is 12.1 Å². The first kappa shape index (κ1) is 20.3. The van der Waals surface area contributed by atoms with E-state index < -0.39 is 6.36 Å². The second-order valence-corrected chi connectivity index (χ2v) is 7.38. The van der Waals surface area contributed by atoms with Gasteiger partial charge in [0.2, 0.25) is 5.91 Å². The number of hydrogen-bond acceptors (Lipinski definition) is 3. The maximum atomic E-state index is 12.7. The number of hydrogen-bond donors (Lipinski definition) is 1. The molecule has 0 unspecified atom stereocenters. The lowest BCUT2D eigenvalue weighted by atomic mass is 10.1. The second-order valence-electron chi connectivity index (χ2n) is 7.38. The molecule has 2 aromatic carbocycles. The van der Waals surface area contributed by atoms with E-state index in [1.54, 1.807) is 12.1 Å². The predicted octanol–water partition coefficient (Wildman–Crippen LogP) is 3.95. The molecule has 1 saturated heterocycles. The highest BCUT2D eigenvalue weighted by Gasteiger charge is 2.31. The number of aromatic nitrogens is 1. The second kappa shape index (κ2) is 8.39. The van der Waals surface area contributed by atoms with Crippen LogP contribution in [0.2, 0.25) is 0 Å². The van der Waals surface area contributed by atoms with Crippen molar-refractivity contribution in [2.75, 3.05) is 26.2 Å². The fourth-order valence-corrected chi connectivity index (χ4v) is 3.76. The molecule has 1 aliphatic rings. The third-order valence-corrected chi connectivity index (χ3v) is 5.30. The van der Waals surface area contributed by atoms with Crippen molar-refractivity contribution in [3.8, 4) is 5.75 Å². The highest BCUT2D eigenvalue weighted by atomic mass is 19.4. The molecular formula is C22H22F3N3O2. The van der Waals surface area contributed by atoms with Crippen molar-refractivity contribution in [2.45, 2.75) is 19.3 Å². The number of aromatic amines is 1. The van der Waals surface area contributed by atoms with Gasteiger partial charge in [-0.05, 0) is 29.3 Å². The summed E-state index contributed by atoms with van der Waals surface area (Å²) >= 11 is 0. The number of halogens is 3. The van der Waals surface area contributed by atoms with Gasteiger partial charge in [-0.2, -0.15) is 0 Å². The molecule has 1 amide bonds. The molecule has 4 rings (SSSR count). The number of nitrogens with one attached hydrogen (secondary N) is 1. The molecule has 8 heteroatoms. The number of rotatable bonds is 5. The van der Waals surface area contributed by atoms with Gasteiger partial charge in [-0.15, -0.1) is 13.2 Å². The van der Waals surface area contributed by atoms with E-state index in [0.717, 1.165) is 35.1 Å². The van der Waals surface area contributed by atoms with Crippen LogP contribution in [0.15, 0.2) is 54.7 Å². The van der Waals surface area contributed by atoms with Gasteiger partial charge in [-0.3, -0.25) is 9.69 Å². The summed E-state index contributed by atoms with van der Waals surface area (Å²) in [5, 5.41) is 1.07. The van der Waals surface area contributed by atoms with Gasteiger partial charge >= 0.3 is 6.36 Å². The van der Waals surface area contributed by atoms with E-state index in [1.807, 2.05) is 35.4 Å². The van der Waals surface area contributed by atoms with Crippen molar-refractivity contribution in [1.29, 1.82) is 0 Å². The van der Waals surface area contributed by atoms with Crippen LogP contribution in [0.3, 0.4) is 0 Å².